The minimum absolute atomic E-state index is 0.129. The van der Waals surface area contributed by atoms with Crippen LogP contribution in [0.2, 0.25) is 0 Å². The Morgan fingerprint density at radius 1 is 1.10 bits per heavy atom. The number of benzene rings is 1. The second kappa shape index (κ2) is 12.5. The summed E-state index contributed by atoms with van der Waals surface area (Å²) in [6, 6.07) is 5.74. The summed E-state index contributed by atoms with van der Waals surface area (Å²) in [4.78, 5) is 5.10. The second-order valence-corrected chi connectivity index (χ2v) is 10.2. The van der Waals surface area contributed by atoms with Crippen LogP contribution in [0.1, 0.15) is 63.9 Å². The molecule has 3 rings (SSSR count). The molecule has 0 spiro atoms. The van der Waals surface area contributed by atoms with E-state index < -0.39 is 0 Å². The van der Waals surface area contributed by atoms with E-state index >= 15 is 0 Å². The van der Waals surface area contributed by atoms with Crippen LogP contribution in [0.15, 0.2) is 22.7 Å². The van der Waals surface area contributed by atoms with Crippen LogP contribution in [0.3, 0.4) is 0 Å². The highest BCUT2D eigenvalue weighted by Gasteiger charge is 2.25. The molecule has 0 amide bonds. The highest BCUT2D eigenvalue weighted by atomic mass is 79.9. The normalized spacial score (nSPS) is 23.9. The number of nitrogens with zero attached hydrogens (tertiary/aromatic N) is 2. The van der Waals surface area contributed by atoms with E-state index in [9.17, 15) is 9.50 Å². The number of hydrogen-bond acceptors (Lipinski definition) is 3. The lowest BCUT2D eigenvalue weighted by Gasteiger charge is -2.36. The fraction of sp³-hybridized carbons (Fsp3) is 0.760. The van der Waals surface area contributed by atoms with Gasteiger partial charge in [-0.25, -0.2) is 4.39 Å². The van der Waals surface area contributed by atoms with Crippen molar-refractivity contribution in [1.82, 2.24) is 9.80 Å². The van der Waals surface area contributed by atoms with E-state index in [2.05, 4.69) is 32.7 Å². The number of likely N-dealkylation sites (N-methyl/N-ethyl adjacent to an activating group) is 1. The first-order valence-corrected chi connectivity index (χ1v) is 12.9. The number of hydrogen-bond donors (Lipinski definition) is 1. The molecule has 5 heteroatoms. The molecule has 1 heterocycles. The van der Waals surface area contributed by atoms with Gasteiger partial charge < -0.3 is 10.0 Å². The molecule has 2 fully saturated rings. The second-order valence-electron chi connectivity index (χ2n) is 9.39. The van der Waals surface area contributed by atoms with Gasteiger partial charge in [0.05, 0.1) is 6.61 Å². The van der Waals surface area contributed by atoms with Crippen LogP contribution >= 0.6 is 15.9 Å². The molecule has 1 N–H and O–H groups in total. The van der Waals surface area contributed by atoms with Gasteiger partial charge in [-0.05, 0) is 120 Å². The molecule has 3 nitrogen and oxygen atoms in total. The fourth-order valence-electron chi connectivity index (χ4n) is 5.55. The monoisotopic (exact) mass is 482 g/mol. The molecule has 1 saturated carbocycles. The lowest BCUT2D eigenvalue weighted by atomic mass is 9.82. The average molecular weight is 484 g/mol. The Balaban J connectivity index is 1.30. The van der Waals surface area contributed by atoms with Crippen LogP contribution in [0, 0.1) is 17.7 Å². The number of rotatable bonds is 10. The van der Waals surface area contributed by atoms with Gasteiger partial charge >= 0.3 is 0 Å². The van der Waals surface area contributed by atoms with Crippen LogP contribution in [0.4, 0.5) is 4.39 Å². The standard InChI is InChI=1S/C25H40BrFN2O/c1-2-29(16-17-30)24-8-5-20(6-9-24)4-3-13-28-14-11-21(12-15-28)18-22-19-23(27)7-10-25(22)26/h7,10,19-21,24,30H,2-6,8-9,11-18H2,1H3. The number of halogens is 2. The van der Waals surface area contributed by atoms with Gasteiger partial charge in [-0.2, -0.15) is 0 Å². The van der Waals surface area contributed by atoms with E-state index in [0.717, 1.165) is 35.5 Å². The van der Waals surface area contributed by atoms with Crippen LogP contribution in [0.5, 0.6) is 0 Å². The Morgan fingerprint density at radius 2 is 1.83 bits per heavy atom. The molecule has 170 valence electrons. The molecule has 1 aromatic rings. The fourth-order valence-corrected chi connectivity index (χ4v) is 5.96. The van der Waals surface area contributed by atoms with Crippen molar-refractivity contribution < 1.29 is 9.50 Å². The Bertz CT molecular complexity index is 628. The van der Waals surface area contributed by atoms with E-state index in [1.54, 1.807) is 6.07 Å². The molecule has 0 bridgehead atoms. The lowest BCUT2D eigenvalue weighted by molar-refractivity contribution is 0.112. The summed E-state index contributed by atoms with van der Waals surface area (Å²) in [6.07, 6.45) is 11.5. The van der Waals surface area contributed by atoms with Gasteiger partial charge in [0.15, 0.2) is 0 Å². The van der Waals surface area contributed by atoms with Crippen molar-refractivity contribution in [2.24, 2.45) is 11.8 Å². The average Bonchev–Trinajstić information content (AvgIpc) is 2.76. The smallest absolute Gasteiger partial charge is 0.123 e. The van der Waals surface area contributed by atoms with E-state index in [1.165, 1.54) is 77.1 Å². The highest BCUT2D eigenvalue weighted by molar-refractivity contribution is 9.10. The number of aliphatic hydroxyl groups excluding tert-OH is 1. The molecular weight excluding hydrogens is 443 g/mol. The third-order valence-corrected chi connectivity index (χ3v) is 8.21. The Morgan fingerprint density at radius 3 is 2.50 bits per heavy atom. The van der Waals surface area contributed by atoms with E-state index in [1.807, 2.05) is 6.07 Å². The summed E-state index contributed by atoms with van der Waals surface area (Å²) in [5.41, 5.74) is 1.12. The SMILES string of the molecule is CCN(CCO)C1CCC(CCCN2CCC(Cc3cc(F)ccc3Br)CC2)CC1. The minimum atomic E-state index is -0.129. The van der Waals surface area contributed by atoms with Gasteiger partial charge in [-0.15, -0.1) is 0 Å². The first kappa shape index (κ1) is 24.2. The molecule has 1 aliphatic carbocycles. The molecule has 0 unspecified atom stereocenters. The third-order valence-electron chi connectivity index (χ3n) is 7.44. The predicted molar refractivity (Wildman–Crippen MR) is 126 cm³/mol. The van der Waals surface area contributed by atoms with Crippen molar-refractivity contribution in [3.05, 3.63) is 34.1 Å². The zero-order chi connectivity index (χ0) is 21.3. The van der Waals surface area contributed by atoms with Crippen molar-refractivity contribution in [3.8, 4) is 0 Å². The van der Waals surface area contributed by atoms with E-state index in [-0.39, 0.29) is 12.4 Å². The zero-order valence-electron chi connectivity index (χ0n) is 18.7. The van der Waals surface area contributed by atoms with Crippen LogP contribution in [-0.2, 0) is 6.42 Å². The Labute approximate surface area is 191 Å². The quantitative estimate of drug-likeness (QED) is 0.477. The van der Waals surface area contributed by atoms with E-state index in [4.69, 9.17) is 0 Å². The molecule has 0 atom stereocenters. The highest BCUT2D eigenvalue weighted by Crippen LogP contribution is 2.31. The van der Waals surface area contributed by atoms with Crippen molar-refractivity contribution in [1.29, 1.82) is 0 Å². The molecule has 0 aromatic heterocycles. The van der Waals surface area contributed by atoms with Crippen molar-refractivity contribution in [2.45, 2.75) is 70.8 Å². The van der Waals surface area contributed by atoms with Crippen LogP contribution in [0.25, 0.3) is 0 Å². The van der Waals surface area contributed by atoms with Gasteiger partial charge in [0.2, 0.25) is 0 Å². The maximum absolute atomic E-state index is 13.5. The lowest BCUT2D eigenvalue weighted by Crippen LogP contribution is -2.39. The molecule has 2 aliphatic rings. The summed E-state index contributed by atoms with van der Waals surface area (Å²) < 4.78 is 14.6. The first-order valence-electron chi connectivity index (χ1n) is 12.1. The maximum Gasteiger partial charge on any atom is 0.123 e. The summed E-state index contributed by atoms with van der Waals surface area (Å²) >= 11 is 3.57. The van der Waals surface area contributed by atoms with E-state index in [0.29, 0.717) is 12.0 Å². The predicted octanol–water partition coefficient (Wildman–Crippen LogP) is 5.50. The minimum Gasteiger partial charge on any atom is -0.395 e. The summed E-state index contributed by atoms with van der Waals surface area (Å²) in [7, 11) is 0. The molecule has 1 aliphatic heterocycles. The molecule has 1 aromatic carbocycles. The summed E-state index contributed by atoms with van der Waals surface area (Å²) in [5.74, 6) is 1.45. The molecular formula is C25H40BrFN2O. The van der Waals surface area contributed by atoms with Gasteiger partial charge in [-0.1, -0.05) is 22.9 Å². The maximum atomic E-state index is 13.5. The molecule has 30 heavy (non-hydrogen) atoms. The first-order chi connectivity index (χ1) is 14.6. The number of aliphatic hydroxyl groups is 1. The Kier molecular flexibility index (Phi) is 10.1. The Hall–Kier alpha value is -0.490. The van der Waals surface area contributed by atoms with Gasteiger partial charge in [0, 0.05) is 17.1 Å². The van der Waals surface area contributed by atoms with Crippen LogP contribution in [-0.4, -0.2) is 60.3 Å². The largest absolute Gasteiger partial charge is 0.395 e. The zero-order valence-corrected chi connectivity index (χ0v) is 20.3. The molecule has 0 radical (unpaired) electrons. The van der Waals surface area contributed by atoms with Gasteiger partial charge in [0.1, 0.15) is 5.82 Å². The number of likely N-dealkylation sites (tertiary alicyclic amines) is 1. The van der Waals surface area contributed by atoms with Crippen molar-refractivity contribution >= 4 is 15.9 Å². The van der Waals surface area contributed by atoms with Crippen LogP contribution < -0.4 is 0 Å². The van der Waals surface area contributed by atoms with Gasteiger partial charge in [0.25, 0.3) is 0 Å². The van der Waals surface area contributed by atoms with Crippen molar-refractivity contribution in [2.75, 3.05) is 39.3 Å². The summed E-state index contributed by atoms with van der Waals surface area (Å²) in [6.45, 7) is 8.00. The van der Waals surface area contributed by atoms with Gasteiger partial charge in [-0.3, -0.25) is 4.90 Å². The molecule has 1 saturated heterocycles. The number of piperidine rings is 1. The topological polar surface area (TPSA) is 26.7 Å². The van der Waals surface area contributed by atoms with Crippen molar-refractivity contribution in [3.63, 3.8) is 0 Å². The summed E-state index contributed by atoms with van der Waals surface area (Å²) in [5, 5.41) is 9.24. The third kappa shape index (κ3) is 7.29.